The van der Waals surface area contributed by atoms with Crippen molar-refractivity contribution in [2.75, 3.05) is 24.5 Å². The minimum atomic E-state index is -0.500. The topological polar surface area (TPSA) is 65.5 Å². The Bertz CT molecular complexity index is 942. The lowest BCUT2D eigenvalue weighted by atomic mass is 10.1. The van der Waals surface area contributed by atoms with Crippen molar-refractivity contribution >= 4 is 40.8 Å². The van der Waals surface area contributed by atoms with Gasteiger partial charge in [0.1, 0.15) is 11.9 Å². The number of carbonyl (C=O) groups excluding carboxylic acids is 2. The number of hydrogen-bond acceptors (Lipinski definition) is 4. The van der Waals surface area contributed by atoms with E-state index in [-0.39, 0.29) is 11.8 Å². The van der Waals surface area contributed by atoms with E-state index in [1.165, 1.54) is 6.42 Å². The molecular formula is C23H26Cl2N4O2. The largest absolute Gasteiger partial charge is 0.356 e. The molecule has 2 fully saturated rings. The second-order valence-electron chi connectivity index (χ2n) is 8.07. The Morgan fingerprint density at radius 1 is 1.03 bits per heavy atom. The quantitative estimate of drug-likeness (QED) is 0.721. The van der Waals surface area contributed by atoms with Crippen molar-refractivity contribution in [3.05, 3.63) is 57.7 Å². The molecule has 0 aliphatic carbocycles. The first kappa shape index (κ1) is 21.9. The van der Waals surface area contributed by atoms with Crippen LogP contribution in [0.3, 0.4) is 0 Å². The molecule has 2 aliphatic heterocycles. The lowest BCUT2D eigenvalue weighted by Gasteiger charge is -2.29. The Morgan fingerprint density at radius 2 is 1.77 bits per heavy atom. The van der Waals surface area contributed by atoms with Crippen molar-refractivity contribution < 1.29 is 9.59 Å². The average Bonchev–Trinajstić information content (AvgIpc) is 3.27. The van der Waals surface area contributed by atoms with Crippen LogP contribution in [0.2, 0.25) is 10.0 Å². The van der Waals surface area contributed by atoms with Gasteiger partial charge in [0.05, 0.1) is 0 Å². The van der Waals surface area contributed by atoms with Gasteiger partial charge in [-0.3, -0.25) is 9.59 Å². The van der Waals surface area contributed by atoms with Crippen LogP contribution in [0, 0.1) is 0 Å². The van der Waals surface area contributed by atoms with Crippen LogP contribution in [-0.2, 0) is 11.3 Å². The minimum Gasteiger partial charge on any atom is -0.356 e. The van der Waals surface area contributed by atoms with Gasteiger partial charge in [-0.2, -0.15) is 0 Å². The van der Waals surface area contributed by atoms with Crippen LogP contribution in [0.4, 0.5) is 5.82 Å². The number of carbonyl (C=O) groups is 2. The summed E-state index contributed by atoms with van der Waals surface area (Å²) in [7, 11) is 0. The summed E-state index contributed by atoms with van der Waals surface area (Å²) in [6, 6.07) is 8.15. The van der Waals surface area contributed by atoms with Gasteiger partial charge in [-0.15, -0.1) is 0 Å². The zero-order valence-electron chi connectivity index (χ0n) is 17.3. The van der Waals surface area contributed by atoms with Gasteiger partial charge < -0.3 is 15.1 Å². The number of hydrogen-bond donors (Lipinski definition) is 1. The number of halogens is 2. The summed E-state index contributed by atoms with van der Waals surface area (Å²) in [5.41, 5.74) is 1.40. The van der Waals surface area contributed by atoms with Crippen LogP contribution in [0.15, 0.2) is 36.5 Å². The van der Waals surface area contributed by atoms with E-state index in [0.29, 0.717) is 35.1 Å². The fourth-order valence-electron chi connectivity index (χ4n) is 4.38. The van der Waals surface area contributed by atoms with E-state index < -0.39 is 6.04 Å². The van der Waals surface area contributed by atoms with Crippen LogP contribution in [0.25, 0.3) is 0 Å². The van der Waals surface area contributed by atoms with E-state index in [1.807, 2.05) is 12.1 Å². The van der Waals surface area contributed by atoms with Crippen LogP contribution in [0.1, 0.15) is 48.0 Å². The molecule has 4 rings (SSSR count). The molecule has 2 aliphatic rings. The highest BCUT2D eigenvalue weighted by Gasteiger charge is 2.34. The Hall–Kier alpha value is -2.31. The van der Waals surface area contributed by atoms with Crippen molar-refractivity contribution in [3.8, 4) is 0 Å². The van der Waals surface area contributed by atoms with E-state index >= 15 is 0 Å². The van der Waals surface area contributed by atoms with E-state index in [2.05, 4.69) is 15.2 Å². The number of aromatic nitrogens is 1. The highest BCUT2D eigenvalue weighted by Crippen LogP contribution is 2.25. The van der Waals surface area contributed by atoms with E-state index in [4.69, 9.17) is 23.2 Å². The van der Waals surface area contributed by atoms with Gasteiger partial charge in [0.25, 0.3) is 5.91 Å². The molecule has 164 valence electrons. The molecule has 1 N–H and O–H groups in total. The maximum atomic E-state index is 13.0. The Kier molecular flexibility index (Phi) is 6.98. The molecule has 0 spiro atoms. The summed E-state index contributed by atoms with van der Waals surface area (Å²) >= 11 is 12.1. The SMILES string of the molecule is O=C(NCc1cccnc1N1CCCCC1)C1CCCN1C(=O)c1cc(Cl)cc(Cl)c1. The maximum Gasteiger partial charge on any atom is 0.254 e. The van der Waals surface area contributed by atoms with Gasteiger partial charge in [0, 0.05) is 53.5 Å². The Labute approximate surface area is 192 Å². The summed E-state index contributed by atoms with van der Waals surface area (Å²) in [6.07, 6.45) is 6.79. The van der Waals surface area contributed by atoms with Crippen molar-refractivity contribution in [1.82, 2.24) is 15.2 Å². The maximum absolute atomic E-state index is 13.0. The summed E-state index contributed by atoms with van der Waals surface area (Å²) < 4.78 is 0. The minimum absolute atomic E-state index is 0.146. The number of benzene rings is 1. The summed E-state index contributed by atoms with van der Waals surface area (Å²) in [6.45, 7) is 2.91. The smallest absolute Gasteiger partial charge is 0.254 e. The number of amides is 2. The fourth-order valence-corrected chi connectivity index (χ4v) is 4.91. The van der Waals surface area contributed by atoms with E-state index in [0.717, 1.165) is 43.7 Å². The zero-order chi connectivity index (χ0) is 21.8. The fraction of sp³-hybridized carbons (Fsp3) is 0.435. The number of nitrogens with zero attached hydrogens (tertiary/aromatic N) is 3. The number of likely N-dealkylation sites (tertiary alicyclic amines) is 1. The highest BCUT2D eigenvalue weighted by molar-refractivity contribution is 6.35. The molecule has 1 atom stereocenters. The first-order chi connectivity index (χ1) is 15.0. The molecule has 1 aromatic carbocycles. The van der Waals surface area contributed by atoms with Crippen molar-refractivity contribution in [2.45, 2.75) is 44.7 Å². The third kappa shape index (κ3) is 5.13. The highest BCUT2D eigenvalue weighted by atomic mass is 35.5. The summed E-state index contributed by atoms with van der Waals surface area (Å²) in [5.74, 6) is 0.570. The van der Waals surface area contributed by atoms with Gasteiger partial charge in [-0.25, -0.2) is 4.98 Å². The molecule has 1 unspecified atom stereocenters. The molecule has 2 amide bonds. The molecule has 2 saturated heterocycles. The molecule has 8 heteroatoms. The van der Waals surface area contributed by atoms with Gasteiger partial charge in [0.15, 0.2) is 0 Å². The van der Waals surface area contributed by atoms with Crippen LogP contribution < -0.4 is 10.2 Å². The van der Waals surface area contributed by atoms with Crippen molar-refractivity contribution in [3.63, 3.8) is 0 Å². The Balaban J connectivity index is 1.43. The predicted octanol–water partition coefficient (Wildman–Crippen LogP) is 4.30. The second-order valence-corrected chi connectivity index (χ2v) is 8.94. The zero-order valence-corrected chi connectivity index (χ0v) is 18.8. The monoisotopic (exact) mass is 460 g/mol. The molecule has 3 heterocycles. The first-order valence-corrected chi connectivity index (χ1v) is 11.5. The molecule has 6 nitrogen and oxygen atoms in total. The lowest BCUT2D eigenvalue weighted by molar-refractivity contribution is -0.125. The number of rotatable bonds is 5. The Morgan fingerprint density at radius 3 is 2.52 bits per heavy atom. The van der Waals surface area contributed by atoms with Gasteiger partial charge in [0.2, 0.25) is 5.91 Å². The van der Waals surface area contributed by atoms with Gasteiger partial charge in [-0.05, 0) is 56.4 Å². The third-order valence-corrected chi connectivity index (χ3v) is 6.34. The number of anilines is 1. The second kappa shape index (κ2) is 9.88. The number of nitrogens with one attached hydrogen (secondary N) is 1. The lowest BCUT2D eigenvalue weighted by Crippen LogP contribution is -2.45. The van der Waals surface area contributed by atoms with Crippen molar-refractivity contribution in [1.29, 1.82) is 0 Å². The summed E-state index contributed by atoms with van der Waals surface area (Å²) in [4.78, 5) is 34.5. The summed E-state index contributed by atoms with van der Waals surface area (Å²) in [5, 5.41) is 3.83. The molecular weight excluding hydrogens is 435 g/mol. The van der Waals surface area contributed by atoms with E-state index in [1.54, 1.807) is 29.3 Å². The van der Waals surface area contributed by atoms with Crippen LogP contribution >= 0.6 is 23.2 Å². The molecule has 1 aromatic heterocycles. The van der Waals surface area contributed by atoms with Gasteiger partial charge in [-0.1, -0.05) is 29.3 Å². The van der Waals surface area contributed by atoms with E-state index in [9.17, 15) is 9.59 Å². The third-order valence-electron chi connectivity index (χ3n) is 5.90. The van der Waals surface area contributed by atoms with Gasteiger partial charge >= 0.3 is 0 Å². The standard InChI is InChI=1S/C23H26Cl2N4O2/c24-18-12-17(13-19(25)14-18)23(31)29-11-5-7-20(29)22(30)27-15-16-6-4-8-26-21(16)28-9-2-1-3-10-28/h4,6,8,12-14,20H,1-3,5,7,9-11,15H2,(H,27,30). The normalized spacial score (nSPS) is 18.8. The first-order valence-electron chi connectivity index (χ1n) is 10.8. The average molecular weight is 461 g/mol. The molecule has 31 heavy (non-hydrogen) atoms. The predicted molar refractivity (Wildman–Crippen MR) is 123 cm³/mol. The molecule has 0 radical (unpaired) electrons. The molecule has 2 aromatic rings. The number of pyridine rings is 1. The molecule has 0 saturated carbocycles. The number of piperidine rings is 1. The van der Waals surface area contributed by atoms with Crippen LogP contribution in [0.5, 0.6) is 0 Å². The van der Waals surface area contributed by atoms with Crippen LogP contribution in [-0.4, -0.2) is 47.4 Å². The molecule has 0 bridgehead atoms. The van der Waals surface area contributed by atoms with Crippen molar-refractivity contribution in [2.24, 2.45) is 0 Å².